The lowest BCUT2D eigenvalue weighted by Gasteiger charge is -2.22. The van der Waals surface area contributed by atoms with Crippen LogP contribution in [0.1, 0.15) is 16.7 Å². The van der Waals surface area contributed by atoms with Crippen LogP contribution in [0, 0.1) is 0 Å². The normalized spacial score (nSPS) is 22.5. The SMILES string of the molecule is O=C1Cc2ccccc2[C@@]1(O)c1ccccc1. The average Bonchev–Trinajstić information content (AvgIpc) is 2.64. The monoisotopic (exact) mass is 224 g/mol. The molecule has 2 nitrogen and oxygen atoms in total. The van der Waals surface area contributed by atoms with E-state index in [1.807, 2.05) is 42.5 Å². The molecule has 0 saturated heterocycles. The maximum absolute atomic E-state index is 12.1. The number of aliphatic hydroxyl groups is 1. The van der Waals surface area contributed by atoms with E-state index >= 15 is 0 Å². The Bertz CT molecular complexity index is 574. The van der Waals surface area contributed by atoms with E-state index in [4.69, 9.17) is 0 Å². The number of rotatable bonds is 1. The molecule has 3 rings (SSSR count). The Morgan fingerprint density at radius 3 is 2.35 bits per heavy atom. The first-order chi connectivity index (χ1) is 8.23. The molecule has 17 heavy (non-hydrogen) atoms. The number of Topliss-reactive ketones (excluding diaryl/α,β-unsaturated/α-hetero) is 1. The van der Waals surface area contributed by atoms with E-state index in [2.05, 4.69) is 0 Å². The molecule has 0 aliphatic heterocycles. The zero-order chi connectivity index (χ0) is 11.9. The predicted molar refractivity (Wildman–Crippen MR) is 64.6 cm³/mol. The minimum Gasteiger partial charge on any atom is -0.373 e. The maximum Gasteiger partial charge on any atom is 0.177 e. The second-order valence-electron chi connectivity index (χ2n) is 4.33. The van der Waals surface area contributed by atoms with Gasteiger partial charge < -0.3 is 5.11 Å². The number of fused-ring (bicyclic) bond motifs is 1. The van der Waals surface area contributed by atoms with Crippen LogP contribution in [0.15, 0.2) is 54.6 Å². The minimum atomic E-state index is -1.46. The first kappa shape index (κ1) is 10.2. The van der Waals surface area contributed by atoms with Gasteiger partial charge >= 0.3 is 0 Å². The van der Waals surface area contributed by atoms with Gasteiger partial charge in [-0.15, -0.1) is 0 Å². The molecule has 2 aromatic rings. The molecule has 0 amide bonds. The number of benzene rings is 2. The van der Waals surface area contributed by atoms with Gasteiger partial charge in [-0.05, 0) is 16.7 Å². The lowest BCUT2D eigenvalue weighted by molar-refractivity contribution is -0.131. The van der Waals surface area contributed by atoms with Crippen molar-refractivity contribution in [1.82, 2.24) is 0 Å². The third-order valence-corrected chi connectivity index (χ3v) is 3.35. The molecule has 1 N–H and O–H groups in total. The highest BCUT2D eigenvalue weighted by atomic mass is 16.3. The summed E-state index contributed by atoms with van der Waals surface area (Å²) in [5, 5.41) is 10.7. The van der Waals surface area contributed by atoms with Gasteiger partial charge in [-0.25, -0.2) is 0 Å². The first-order valence-corrected chi connectivity index (χ1v) is 5.62. The number of carbonyl (C=O) groups excluding carboxylic acids is 1. The summed E-state index contributed by atoms with van der Waals surface area (Å²) < 4.78 is 0. The van der Waals surface area contributed by atoms with Crippen LogP contribution in [0.25, 0.3) is 0 Å². The van der Waals surface area contributed by atoms with Crippen LogP contribution >= 0.6 is 0 Å². The quantitative estimate of drug-likeness (QED) is 0.805. The molecular weight excluding hydrogens is 212 g/mol. The molecule has 0 radical (unpaired) electrons. The summed E-state index contributed by atoms with van der Waals surface area (Å²) in [5.74, 6) is -0.148. The van der Waals surface area contributed by atoms with E-state index in [0.717, 1.165) is 11.1 Å². The van der Waals surface area contributed by atoms with Gasteiger partial charge in [-0.2, -0.15) is 0 Å². The summed E-state index contributed by atoms with van der Waals surface area (Å²) in [7, 11) is 0. The summed E-state index contributed by atoms with van der Waals surface area (Å²) in [6, 6.07) is 16.6. The third-order valence-electron chi connectivity index (χ3n) is 3.35. The van der Waals surface area contributed by atoms with Crippen molar-refractivity contribution in [3.63, 3.8) is 0 Å². The third kappa shape index (κ3) is 1.34. The Balaban J connectivity index is 2.24. The molecule has 0 unspecified atom stereocenters. The van der Waals surface area contributed by atoms with E-state index in [0.29, 0.717) is 12.0 Å². The highest BCUT2D eigenvalue weighted by molar-refractivity contribution is 5.97. The van der Waals surface area contributed by atoms with Crippen molar-refractivity contribution >= 4 is 5.78 Å². The molecule has 0 spiro atoms. The van der Waals surface area contributed by atoms with Crippen LogP contribution in [-0.2, 0) is 16.8 Å². The van der Waals surface area contributed by atoms with E-state index in [1.54, 1.807) is 12.1 Å². The zero-order valence-electron chi connectivity index (χ0n) is 9.26. The van der Waals surface area contributed by atoms with Crippen LogP contribution in [0.2, 0.25) is 0 Å². The molecule has 1 aliphatic carbocycles. The number of hydrogen-bond donors (Lipinski definition) is 1. The second kappa shape index (κ2) is 3.54. The molecule has 1 aliphatic rings. The van der Waals surface area contributed by atoms with Crippen molar-refractivity contribution in [3.05, 3.63) is 71.3 Å². The highest BCUT2D eigenvalue weighted by Crippen LogP contribution is 2.39. The lowest BCUT2D eigenvalue weighted by atomic mass is 9.87. The van der Waals surface area contributed by atoms with Gasteiger partial charge in [0.15, 0.2) is 11.4 Å². The summed E-state index contributed by atoms with van der Waals surface area (Å²) in [6.45, 7) is 0. The van der Waals surface area contributed by atoms with Gasteiger partial charge in [0.1, 0.15) is 0 Å². The summed E-state index contributed by atoms with van der Waals surface area (Å²) in [5.41, 5.74) is 0.827. The number of carbonyl (C=O) groups is 1. The van der Waals surface area contributed by atoms with E-state index < -0.39 is 5.60 Å². The molecule has 1 atom stereocenters. The predicted octanol–water partition coefficient (Wildman–Crippen LogP) is 2.05. The molecule has 0 aromatic heterocycles. The Kier molecular flexibility index (Phi) is 2.13. The molecule has 2 aromatic carbocycles. The maximum atomic E-state index is 12.1. The fourth-order valence-electron chi connectivity index (χ4n) is 2.47. The van der Waals surface area contributed by atoms with Gasteiger partial charge in [-0.3, -0.25) is 4.79 Å². The number of hydrogen-bond acceptors (Lipinski definition) is 2. The number of ketones is 1. The summed E-state index contributed by atoms with van der Waals surface area (Å²) in [6.07, 6.45) is 0.307. The Labute approximate surface area is 99.5 Å². The van der Waals surface area contributed by atoms with Crippen molar-refractivity contribution in [1.29, 1.82) is 0 Å². The molecule has 84 valence electrons. The largest absolute Gasteiger partial charge is 0.373 e. The van der Waals surface area contributed by atoms with Crippen LogP contribution in [0.4, 0.5) is 0 Å². The van der Waals surface area contributed by atoms with Gasteiger partial charge in [0.25, 0.3) is 0 Å². The van der Waals surface area contributed by atoms with Gasteiger partial charge in [-0.1, -0.05) is 54.6 Å². The summed E-state index contributed by atoms with van der Waals surface area (Å²) in [4.78, 5) is 12.1. The van der Waals surface area contributed by atoms with Crippen LogP contribution in [0.3, 0.4) is 0 Å². The smallest absolute Gasteiger partial charge is 0.177 e. The van der Waals surface area contributed by atoms with Crippen molar-refractivity contribution in [3.8, 4) is 0 Å². The molecule has 0 saturated carbocycles. The van der Waals surface area contributed by atoms with Crippen LogP contribution in [0.5, 0.6) is 0 Å². The highest BCUT2D eigenvalue weighted by Gasteiger charge is 2.45. The fourth-order valence-corrected chi connectivity index (χ4v) is 2.47. The van der Waals surface area contributed by atoms with Gasteiger partial charge in [0.2, 0.25) is 0 Å². The lowest BCUT2D eigenvalue weighted by Crippen LogP contribution is -2.32. The molecule has 0 heterocycles. The Morgan fingerprint density at radius 2 is 1.59 bits per heavy atom. The van der Waals surface area contributed by atoms with Crippen molar-refractivity contribution < 1.29 is 9.90 Å². The fraction of sp³-hybridized carbons (Fsp3) is 0.133. The van der Waals surface area contributed by atoms with E-state index in [-0.39, 0.29) is 5.78 Å². The van der Waals surface area contributed by atoms with Crippen molar-refractivity contribution in [2.75, 3.05) is 0 Å². The molecular formula is C15H12O2. The van der Waals surface area contributed by atoms with Gasteiger partial charge in [0.05, 0.1) is 0 Å². The summed E-state index contributed by atoms with van der Waals surface area (Å²) >= 11 is 0. The van der Waals surface area contributed by atoms with Gasteiger partial charge in [0, 0.05) is 6.42 Å². The molecule has 0 bridgehead atoms. The minimum absolute atomic E-state index is 0.148. The second-order valence-corrected chi connectivity index (χ2v) is 4.33. The van der Waals surface area contributed by atoms with Crippen LogP contribution in [-0.4, -0.2) is 10.9 Å². The molecule has 0 fully saturated rings. The average molecular weight is 224 g/mol. The molecule has 2 heteroatoms. The van der Waals surface area contributed by atoms with Crippen molar-refractivity contribution in [2.45, 2.75) is 12.0 Å². The first-order valence-electron chi connectivity index (χ1n) is 5.62. The Hall–Kier alpha value is -1.93. The van der Waals surface area contributed by atoms with E-state index in [1.165, 1.54) is 0 Å². The van der Waals surface area contributed by atoms with Crippen LogP contribution < -0.4 is 0 Å². The zero-order valence-corrected chi connectivity index (χ0v) is 9.26. The van der Waals surface area contributed by atoms with Crippen molar-refractivity contribution in [2.24, 2.45) is 0 Å². The Morgan fingerprint density at radius 1 is 0.941 bits per heavy atom. The standard InChI is InChI=1S/C15H12O2/c16-14-10-11-6-4-5-9-13(11)15(14,17)12-7-2-1-3-8-12/h1-9,17H,10H2/t15-/m0/s1. The topological polar surface area (TPSA) is 37.3 Å². The van der Waals surface area contributed by atoms with E-state index in [9.17, 15) is 9.90 Å².